The second-order valence-corrected chi connectivity index (χ2v) is 4.38. The second-order valence-electron chi connectivity index (χ2n) is 4.38. The van der Waals surface area contributed by atoms with Crippen LogP contribution in [-0.2, 0) is 4.79 Å². The maximum atomic E-state index is 12.0. The van der Waals surface area contributed by atoms with Gasteiger partial charge in [-0.05, 0) is 24.3 Å². The maximum absolute atomic E-state index is 12.0. The Balaban J connectivity index is 2.53. The highest BCUT2D eigenvalue weighted by Crippen LogP contribution is 2.18. The van der Waals surface area contributed by atoms with Crippen LogP contribution in [0, 0.1) is 5.92 Å². The van der Waals surface area contributed by atoms with E-state index in [1.807, 2.05) is 0 Å². The van der Waals surface area contributed by atoms with Crippen molar-refractivity contribution in [2.45, 2.75) is 13.1 Å². The first kappa shape index (κ1) is 16.8. The molecule has 0 aromatic heterocycles. The summed E-state index contributed by atoms with van der Waals surface area (Å²) in [4.78, 5) is 22.3. The molecule has 8 heteroatoms. The number of halogens is 3. The van der Waals surface area contributed by atoms with Gasteiger partial charge in [0.2, 0.25) is 0 Å². The van der Waals surface area contributed by atoms with Crippen molar-refractivity contribution in [2.75, 3.05) is 13.2 Å². The van der Waals surface area contributed by atoms with Crippen LogP contribution in [0.3, 0.4) is 0 Å². The van der Waals surface area contributed by atoms with E-state index in [4.69, 9.17) is 5.11 Å². The molecular formula is C13H14F3NO4. The monoisotopic (exact) mass is 305 g/mol. The highest BCUT2D eigenvalue weighted by Gasteiger charge is 2.28. The summed E-state index contributed by atoms with van der Waals surface area (Å²) in [6, 6.07) is 5.07. The Morgan fingerprint density at radius 1 is 1.29 bits per heavy atom. The standard InChI is InChI=1S/C13H14F3NO4/c1-8(12(19)20)6-17-11(18)9-2-4-10(5-3-9)21-7-13(14,15)16/h2-5,8H,6-7H2,1H3,(H,17,18)(H,19,20). The molecule has 0 radical (unpaired) electrons. The van der Waals surface area contributed by atoms with Gasteiger partial charge in [-0.15, -0.1) is 0 Å². The summed E-state index contributed by atoms with van der Waals surface area (Å²) in [6.07, 6.45) is -4.43. The van der Waals surface area contributed by atoms with Crippen LogP contribution in [0.25, 0.3) is 0 Å². The lowest BCUT2D eigenvalue weighted by Gasteiger charge is -2.10. The number of carboxylic acids is 1. The molecule has 5 nitrogen and oxygen atoms in total. The number of hydrogen-bond donors (Lipinski definition) is 2. The lowest BCUT2D eigenvalue weighted by atomic mass is 10.1. The number of carbonyl (C=O) groups excluding carboxylic acids is 1. The van der Waals surface area contributed by atoms with Crippen molar-refractivity contribution in [1.82, 2.24) is 5.32 Å². The summed E-state index contributed by atoms with van der Waals surface area (Å²) >= 11 is 0. The predicted molar refractivity (Wildman–Crippen MR) is 67.1 cm³/mol. The van der Waals surface area contributed by atoms with Crippen molar-refractivity contribution >= 4 is 11.9 Å². The molecular weight excluding hydrogens is 291 g/mol. The molecule has 0 spiro atoms. The van der Waals surface area contributed by atoms with Gasteiger partial charge in [0.05, 0.1) is 5.92 Å². The van der Waals surface area contributed by atoms with Crippen molar-refractivity contribution in [2.24, 2.45) is 5.92 Å². The molecule has 21 heavy (non-hydrogen) atoms. The topological polar surface area (TPSA) is 75.6 Å². The van der Waals surface area contributed by atoms with Crippen molar-refractivity contribution in [3.05, 3.63) is 29.8 Å². The molecule has 0 bridgehead atoms. The summed E-state index contributed by atoms with van der Waals surface area (Å²) in [6.45, 7) is -0.00808. The summed E-state index contributed by atoms with van der Waals surface area (Å²) in [5, 5.41) is 11.1. The zero-order valence-electron chi connectivity index (χ0n) is 11.1. The Morgan fingerprint density at radius 2 is 1.86 bits per heavy atom. The van der Waals surface area contributed by atoms with E-state index in [0.717, 1.165) is 0 Å². The Morgan fingerprint density at radius 3 is 2.33 bits per heavy atom. The van der Waals surface area contributed by atoms with E-state index in [1.165, 1.54) is 31.2 Å². The number of nitrogens with one attached hydrogen (secondary N) is 1. The molecule has 0 aliphatic rings. The lowest BCUT2D eigenvalue weighted by Crippen LogP contribution is -2.31. The van der Waals surface area contributed by atoms with E-state index >= 15 is 0 Å². The quantitative estimate of drug-likeness (QED) is 0.843. The molecule has 0 aliphatic carbocycles. The fraction of sp³-hybridized carbons (Fsp3) is 0.385. The van der Waals surface area contributed by atoms with Crippen LogP contribution in [0.2, 0.25) is 0 Å². The molecule has 1 amide bonds. The van der Waals surface area contributed by atoms with Gasteiger partial charge in [0.15, 0.2) is 6.61 Å². The van der Waals surface area contributed by atoms with Gasteiger partial charge in [0.1, 0.15) is 5.75 Å². The first-order valence-corrected chi connectivity index (χ1v) is 5.99. The third-order valence-corrected chi connectivity index (χ3v) is 2.51. The van der Waals surface area contributed by atoms with Crippen molar-refractivity contribution in [1.29, 1.82) is 0 Å². The molecule has 1 rings (SSSR count). The molecule has 0 saturated carbocycles. The second kappa shape index (κ2) is 6.96. The zero-order chi connectivity index (χ0) is 16.0. The van der Waals surface area contributed by atoms with E-state index in [1.54, 1.807) is 0 Å². The molecule has 2 N–H and O–H groups in total. The number of aliphatic carboxylic acids is 1. The van der Waals surface area contributed by atoms with Crippen LogP contribution in [0.4, 0.5) is 13.2 Å². The first-order chi connectivity index (χ1) is 9.69. The lowest BCUT2D eigenvalue weighted by molar-refractivity contribution is -0.153. The van der Waals surface area contributed by atoms with E-state index in [0.29, 0.717) is 0 Å². The van der Waals surface area contributed by atoms with Gasteiger partial charge in [0, 0.05) is 12.1 Å². The third-order valence-electron chi connectivity index (χ3n) is 2.51. The average molecular weight is 305 g/mol. The average Bonchev–Trinajstić information content (AvgIpc) is 2.41. The fourth-order valence-corrected chi connectivity index (χ4v) is 1.30. The van der Waals surface area contributed by atoms with Gasteiger partial charge in [-0.3, -0.25) is 9.59 Å². The zero-order valence-corrected chi connectivity index (χ0v) is 11.1. The van der Waals surface area contributed by atoms with E-state index < -0.39 is 30.6 Å². The number of carbonyl (C=O) groups is 2. The smallest absolute Gasteiger partial charge is 0.422 e. The van der Waals surface area contributed by atoms with Gasteiger partial charge in [0.25, 0.3) is 5.91 Å². The normalized spacial score (nSPS) is 12.6. The Bertz CT molecular complexity index is 499. The van der Waals surface area contributed by atoms with E-state index in [9.17, 15) is 22.8 Å². The number of carboxylic acid groups (broad SMARTS) is 1. The largest absolute Gasteiger partial charge is 0.484 e. The first-order valence-electron chi connectivity index (χ1n) is 5.99. The van der Waals surface area contributed by atoms with Gasteiger partial charge in [-0.1, -0.05) is 6.92 Å². The maximum Gasteiger partial charge on any atom is 0.422 e. The summed E-state index contributed by atoms with van der Waals surface area (Å²) in [7, 11) is 0. The highest BCUT2D eigenvalue weighted by molar-refractivity contribution is 5.94. The minimum atomic E-state index is -4.43. The Labute approximate surface area is 118 Å². The van der Waals surface area contributed by atoms with Crippen LogP contribution in [0.5, 0.6) is 5.75 Å². The van der Waals surface area contributed by atoms with Crippen LogP contribution >= 0.6 is 0 Å². The van der Waals surface area contributed by atoms with Crippen molar-refractivity contribution in [3.63, 3.8) is 0 Å². The number of benzene rings is 1. The molecule has 1 aromatic rings. The minimum Gasteiger partial charge on any atom is -0.484 e. The van der Waals surface area contributed by atoms with Gasteiger partial charge >= 0.3 is 12.1 Å². The summed E-state index contributed by atoms with van der Waals surface area (Å²) in [5.74, 6) is -2.29. The molecule has 1 atom stereocenters. The van der Waals surface area contributed by atoms with Crippen LogP contribution in [0.15, 0.2) is 24.3 Å². The summed E-state index contributed by atoms with van der Waals surface area (Å²) < 4.78 is 40.4. The number of rotatable bonds is 6. The van der Waals surface area contributed by atoms with E-state index in [-0.39, 0.29) is 17.9 Å². The number of alkyl halides is 3. The van der Waals surface area contributed by atoms with Gasteiger partial charge in [-0.2, -0.15) is 13.2 Å². The molecule has 0 heterocycles. The number of hydrogen-bond acceptors (Lipinski definition) is 3. The SMILES string of the molecule is CC(CNC(=O)c1ccc(OCC(F)(F)F)cc1)C(=O)O. The highest BCUT2D eigenvalue weighted by atomic mass is 19.4. The molecule has 0 fully saturated rings. The predicted octanol–water partition coefficient (Wildman–Crippen LogP) is 2.08. The molecule has 0 saturated heterocycles. The molecule has 116 valence electrons. The third kappa shape index (κ3) is 6.15. The Hall–Kier alpha value is -2.25. The minimum absolute atomic E-state index is 0.0113. The molecule has 1 unspecified atom stereocenters. The Kier molecular flexibility index (Phi) is 5.57. The number of ether oxygens (including phenoxy) is 1. The van der Waals surface area contributed by atoms with Crippen LogP contribution in [0.1, 0.15) is 17.3 Å². The van der Waals surface area contributed by atoms with Crippen LogP contribution in [-0.4, -0.2) is 36.3 Å². The van der Waals surface area contributed by atoms with Crippen molar-refractivity contribution < 1.29 is 32.6 Å². The molecule has 0 aliphatic heterocycles. The fourth-order valence-electron chi connectivity index (χ4n) is 1.30. The van der Waals surface area contributed by atoms with Gasteiger partial charge in [-0.25, -0.2) is 0 Å². The molecule has 1 aromatic carbocycles. The van der Waals surface area contributed by atoms with Crippen molar-refractivity contribution in [3.8, 4) is 5.75 Å². The number of amides is 1. The van der Waals surface area contributed by atoms with Gasteiger partial charge < -0.3 is 15.2 Å². The van der Waals surface area contributed by atoms with Crippen LogP contribution < -0.4 is 10.1 Å². The summed E-state index contributed by atoms with van der Waals surface area (Å²) in [5.41, 5.74) is 0.201. The van der Waals surface area contributed by atoms with E-state index in [2.05, 4.69) is 10.1 Å².